The Morgan fingerprint density at radius 3 is 2.79 bits per heavy atom. The van der Waals surface area contributed by atoms with Gasteiger partial charge >= 0.3 is 6.03 Å². The van der Waals surface area contributed by atoms with Gasteiger partial charge in [0.05, 0.1) is 0 Å². The van der Waals surface area contributed by atoms with E-state index in [9.17, 15) is 9.59 Å². The number of aryl methyl sites for hydroxylation is 1. The van der Waals surface area contributed by atoms with Crippen LogP contribution in [0.3, 0.4) is 0 Å². The SMILES string of the molecule is O=C(NC1CC1)[C@H]1CCCN1C(=O)NC[C@H]1CCc2ccccc21. The third-order valence-electron chi connectivity index (χ3n) is 5.50. The van der Waals surface area contributed by atoms with Crippen LogP contribution < -0.4 is 10.6 Å². The molecule has 0 bridgehead atoms. The Labute approximate surface area is 142 Å². The standard InChI is InChI=1S/C19H25N3O2/c23-18(21-15-9-10-15)17-6-3-11-22(17)19(24)20-12-14-8-7-13-4-1-2-5-16(13)14/h1-2,4-5,14-15,17H,3,6-12H2,(H,20,24)(H,21,23)/t14-,17-/m1/s1. The van der Waals surface area contributed by atoms with E-state index in [1.807, 2.05) is 0 Å². The van der Waals surface area contributed by atoms with Crippen LogP contribution in [0.4, 0.5) is 4.79 Å². The summed E-state index contributed by atoms with van der Waals surface area (Å²) in [5.41, 5.74) is 2.77. The molecule has 2 N–H and O–H groups in total. The molecule has 2 fully saturated rings. The summed E-state index contributed by atoms with van der Waals surface area (Å²) in [6.45, 7) is 1.33. The Morgan fingerprint density at radius 1 is 1.12 bits per heavy atom. The van der Waals surface area contributed by atoms with Crippen molar-refractivity contribution in [1.82, 2.24) is 15.5 Å². The molecule has 3 aliphatic rings. The predicted octanol–water partition coefficient (Wildman–Crippen LogP) is 2.17. The van der Waals surface area contributed by atoms with E-state index in [-0.39, 0.29) is 18.0 Å². The number of benzene rings is 1. The number of hydrogen-bond donors (Lipinski definition) is 2. The third-order valence-corrected chi connectivity index (χ3v) is 5.50. The molecule has 0 aromatic heterocycles. The number of fused-ring (bicyclic) bond motifs is 1. The summed E-state index contributed by atoms with van der Waals surface area (Å²) in [6.07, 6.45) is 6.01. The minimum Gasteiger partial charge on any atom is -0.352 e. The van der Waals surface area contributed by atoms with E-state index in [4.69, 9.17) is 0 Å². The van der Waals surface area contributed by atoms with Crippen molar-refractivity contribution >= 4 is 11.9 Å². The van der Waals surface area contributed by atoms with E-state index in [1.165, 1.54) is 11.1 Å². The Balaban J connectivity index is 1.33. The number of carbonyl (C=O) groups excluding carboxylic acids is 2. The van der Waals surface area contributed by atoms with Gasteiger partial charge in [0.25, 0.3) is 0 Å². The zero-order chi connectivity index (χ0) is 16.5. The summed E-state index contributed by atoms with van der Waals surface area (Å²) < 4.78 is 0. The normalized spacial score (nSPS) is 25.4. The molecule has 2 aliphatic carbocycles. The third kappa shape index (κ3) is 3.12. The Bertz CT molecular complexity index is 641. The summed E-state index contributed by atoms with van der Waals surface area (Å²) in [4.78, 5) is 26.6. The highest BCUT2D eigenvalue weighted by Crippen LogP contribution is 2.32. The number of hydrogen-bond acceptors (Lipinski definition) is 2. The maximum atomic E-state index is 12.6. The van der Waals surface area contributed by atoms with Gasteiger partial charge in [-0.25, -0.2) is 4.79 Å². The molecule has 1 aromatic rings. The van der Waals surface area contributed by atoms with Crippen LogP contribution in [-0.4, -0.2) is 42.0 Å². The van der Waals surface area contributed by atoms with Crippen molar-refractivity contribution in [2.24, 2.45) is 0 Å². The molecular formula is C19H25N3O2. The fourth-order valence-corrected chi connectivity index (χ4v) is 3.98. The van der Waals surface area contributed by atoms with Crippen molar-refractivity contribution in [3.05, 3.63) is 35.4 Å². The second-order valence-corrected chi connectivity index (χ2v) is 7.25. The lowest BCUT2D eigenvalue weighted by Crippen LogP contribution is -2.50. The molecule has 5 nitrogen and oxygen atoms in total. The van der Waals surface area contributed by atoms with Gasteiger partial charge in [-0.2, -0.15) is 0 Å². The molecule has 1 saturated heterocycles. The van der Waals surface area contributed by atoms with Crippen molar-refractivity contribution in [3.63, 3.8) is 0 Å². The first-order chi connectivity index (χ1) is 11.7. The lowest BCUT2D eigenvalue weighted by molar-refractivity contribution is -0.124. The monoisotopic (exact) mass is 327 g/mol. The van der Waals surface area contributed by atoms with E-state index in [0.717, 1.165) is 38.5 Å². The molecule has 0 radical (unpaired) electrons. The minimum absolute atomic E-state index is 0.0244. The average molecular weight is 327 g/mol. The summed E-state index contributed by atoms with van der Waals surface area (Å²) in [7, 11) is 0. The molecular weight excluding hydrogens is 302 g/mol. The van der Waals surface area contributed by atoms with E-state index in [2.05, 4.69) is 34.9 Å². The summed E-state index contributed by atoms with van der Waals surface area (Å²) in [5.74, 6) is 0.419. The molecule has 1 aliphatic heterocycles. The Hall–Kier alpha value is -2.04. The second kappa shape index (κ2) is 6.46. The first-order valence-electron chi connectivity index (χ1n) is 9.15. The van der Waals surface area contributed by atoms with Crippen molar-refractivity contribution in [2.45, 2.75) is 56.5 Å². The number of rotatable bonds is 4. The number of urea groups is 1. The van der Waals surface area contributed by atoms with Crippen LogP contribution in [0, 0.1) is 0 Å². The Morgan fingerprint density at radius 2 is 1.96 bits per heavy atom. The molecule has 24 heavy (non-hydrogen) atoms. The van der Waals surface area contributed by atoms with E-state index in [1.54, 1.807) is 4.90 Å². The smallest absolute Gasteiger partial charge is 0.318 e. The Kier molecular flexibility index (Phi) is 4.17. The molecule has 2 atom stereocenters. The van der Waals surface area contributed by atoms with Crippen LogP contribution in [0.15, 0.2) is 24.3 Å². The van der Waals surface area contributed by atoms with Crippen LogP contribution >= 0.6 is 0 Å². The maximum absolute atomic E-state index is 12.6. The lowest BCUT2D eigenvalue weighted by Gasteiger charge is -2.25. The maximum Gasteiger partial charge on any atom is 0.318 e. The lowest BCUT2D eigenvalue weighted by atomic mass is 10.0. The van der Waals surface area contributed by atoms with Gasteiger partial charge in [-0.3, -0.25) is 4.79 Å². The van der Waals surface area contributed by atoms with E-state index < -0.39 is 0 Å². The fraction of sp³-hybridized carbons (Fsp3) is 0.579. The largest absolute Gasteiger partial charge is 0.352 e. The number of nitrogens with one attached hydrogen (secondary N) is 2. The molecule has 0 unspecified atom stereocenters. The molecule has 0 spiro atoms. The quantitative estimate of drug-likeness (QED) is 0.890. The van der Waals surface area contributed by atoms with Gasteiger partial charge in [0.1, 0.15) is 6.04 Å². The van der Waals surface area contributed by atoms with Crippen molar-refractivity contribution in [1.29, 1.82) is 0 Å². The highest BCUT2D eigenvalue weighted by molar-refractivity contribution is 5.88. The topological polar surface area (TPSA) is 61.4 Å². The summed E-state index contributed by atoms with van der Waals surface area (Å²) in [6, 6.07) is 8.45. The summed E-state index contributed by atoms with van der Waals surface area (Å²) in [5, 5.41) is 6.10. The average Bonchev–Trinajstić information content (AvgIpc) is 3.13. The van der Waals surface area contributed by atoms with E-state index >= 15 is 0 Å². The molecule has 1 heterocycles. The molecule has 1 saturated carbocycles. The zero-order valence-electron chi connectivity index (χ0n) is 14.0. The van der Waals surface area contributed by atoms with Gasteiger partial charge in [-0.05, 0) is 49.7 Å². The predicted molar refractivity (Wildman–Crippen MR) is 91.8 cm³/mol. The number of likely N-dealkylation sites (tertiary alicyclic amines) is 1. The van der Waals surface area contributed by atoms with Gasteiger partial charge in [0, 0.05) is 25.0 Å². The van der Waals surface area contributed by atoms with Crippen molar-refractivity contribution < 1.29 is 9.59 Å². The van der Waals surface area contributed by atoms with Gasteiger partial charge in [-0.15, -0.1) is 0 Å². The molecule has 1 aromatic carbocycles. The first-order valence-corrected chi connectivity index (χ1v) is 9.15. The zero-order valence-corrected chi connectivity index (χ0v) is 14.0. The molecule has 3 amide bonds. The highest BCUT2D eigenvalue weighted by Gasteiger charge is 2.36. The molecule has 5 heteroatoms. The van der Waals surface area contributed by atoms with Crippen LogP contribution in [0.25, 0.3) is 0 Å². The van der Waals surface area contributed by atoms with Gasteiger partial charge < -0.3 is 15.5 Å². The van der Waals surface area contributed by atoms with Crippen LogP contribution in [0.1, 0.15) is 49.1 Å². The first kappa shape index (κ1) is 15.5. The fourth-order valence-electron chi connectivity index (χ4n) is 3.98. The van der Waals surface area contributed by atoms with Crippen LogP contribution in [0.5, 0.6) is 0 Å². The van der Waals surface area contributed by atoms with E-state index in [0.29, 0.717) is 25.0 Å². The van der Waals surface area contributed by atoms with Crippen molar-refractivity contribution in [3.8, 4) is 0 Å². The number of carbonyl (C=O) groups is 2. The number of amides is 3. The number of nitrogens with zero attached hydrogens (tertiary/aromatic N) is 1. The van der Waals surface area contributed by atoms with Gasteiger partial charge in [0.15, 0.2) is 0 Å². The second-order valence-electron chi connectivity index (χ2n) is 7.25. The van der Waals surface area contributed by atoms with Crippen molar-refractivity contribution in [2.75, 3.05) is 13.1 Å². The van der Waals surface area contributed by atoms with Gasteiger partial charge in [0.2, 0.25) is 5.91 Å². The van der Waals surface area contributed by atoms with Gasteiger partial charge in [-0.1, -0.05) is 24.3 Å². The minimum atomic E-state index is -0.290. The summed E-state index contributed by atoms with van der Waals surface area (Å²) >= 11 is 0. The molecule has 4 rings (SSSR count). The highest BCUT2D eigenvalue weighted by atomic mass is 16.2. The molecule has 128 valence electrons. The van der Waals surface area contributed by atoms with Crippen LogP contribution in [-0.2, 0) is 11.2 Å². The van der Waals surface area contributed by atoms with Crippen LogP contribution in [0.2, 0.25) is 0 Å².